The van der Waals surface area contributed by atoms with Crippen LogP contribution in [0, 0.1) is 5.82 Å². The smallest absolute Gasteiger partial charge is 0.207 e. The van der Waals surface area contributed by atoms with E-state index in [0.717, 1.165) is 10.9 Å². The predicted octanol–water partition coefficient (Wildman–Crippen LogP) is 4.20. The number of aromatic nitrogens is 4. The van der Waals surface area contributed by atoms with Crippen molar-refractivity contribution in [2.24, 2.45) is 0 Å². The maximum atomic E-state index is 13.8. The van der Waals surface area contributed by atoms with E-state index in [-0.39, 0.29) is 28.5 Å². The average Bonchev–Trinajstić information content (AvgIpc) is 2.99. The number of hydrogen-bond acceptors (Lipinski definition) is 3. The molecular weight excluding hydrogens is 348 g/mol. The van der Waals surface area contributed by atoms with Gasteiger partial charge in [0.1, 0.15) is 5.82 Å². The number of tetrazole rings is 1. The SMILES string of the molecule is Fc1cccc(Cl)c1Cn1nnc(-c2ccccc2C(F)(F)F)n1. The Morgan fingerprint density at radius 1 is 1.04 bits per heavy atom. The molecule has 0 aliphatic heterocycles. The molecule has 3 aromatic rings. The van der Waals surface area contributed by atoms with E-state index in [0.29, 0.717) is 0 Å². The Labute approximate surface area is 138 Å². The molecule has 1 aromatic heterocycles. The Kier molecular flexibility index (Phi) is 4.23. The van der Waals surface area contributed by atoms with Gasteiger partial charge in [0.15, 0.2) is 0 Å². The molecule has 0 saturated carbocycles. The zero-order valence-electron chi connectivity index (χ0n) is 11.9. The van der Waals surface area contributed by atoms with Crippen LogP contribution in [0.15, 0.2) is 42.5 Å². The number of alkyl halides is 3. The first-order valence-electron chi connectivity index (χ1n) is 6.73. The van der Waals surface area contributed by atoms with Crippen LogP contribution >= 0.6 is 11.6 Å². The van der Waals surface area contributed by atoms with Gasteiger partial charge in [-0.1, -0.05) is 35.9 Å². The summed E-state index contributed by atoms with van der Waals surface area (Å²) in [7, 11) is 0. The Bertz CT molecular complexity index is 856. The summed E-state index contributed by atoms with van der Waals surface area (Å²) in [5.41, 5.74) is -0.934. The number of halogens is 5. The molecule has 124 valence electrons. The van der Waals surface area contributed by atoms with Gasteiger partial charge >= 0.3 is 6.18 Å². The molecule has 0 aliphatic rings. The van der Waals surface area contributed by atoms with Gasteiger partial charge in [-0.2, -0.15) is 18.0 Å². The molecule has 0 saturated heterocycles. The number of benzene rings is 2. The summed E-state index contributed by atoms with van der Waals surface area (Å²) >= 11 is 5.91. The van der Waals surface area contributed by atoms with Crippen molar-refractivity contribution in [3.05, 3.63) is 64.4 Å². The van der Waals surface area contributed by atoms with Crippen LogP contribution in [0.3, 0.4) is 0 Å². The molecule has 0 spiro atoms. The third kappa shape index (κ3) is 3.23. The van der Waals surface area contributed by atoms with Gasteiger partial charge in [-0.05, 0) is 23.4 Å². The van der Waals surface area contributed by atoms with Gasteiger partial charge in [0.05, 0.1) is 12.1 Å². The van der Waals surface area contributed by atoms with Crippen molar-refractivity contribution in [2.75, 3.05) is 0 Å². The summed E-state index contributed by atoms with van der Waals surface area (Å²) in [6.45, 7) is -0.146. The first kappa shape index (κ1) is 16.4. The van der Waals surface area contributed by atoms with Crippen LogP contribution in [0.25, 0.3) is 11.4 Å². The molecule has 0 unspecified atom stereocenters. The molecule has 2 aromatic carbocycles. The zero-order chi connectivity index (χ0) is 17.3. The molecule has 0 amide bonds. The van der Waals surface area contributed by atoms with Crippen molar-refractivity contribution in [3.8, 4) is 11.4 Å². The quantitative estimate of drug-likeness (QED) is 0.661. The standard InChI is InChI=1S/C15H9ClF4N4/c16-12-6-3-7-13(17)10(12)8-24-22-14(21-23-24)9-4-1-2-5-11(9)15(18,19)20/h1-7H,8H2. The molecule has 0 bridgehead atoms. The first-order chi connectivity index (χ1) is 11.4. The third-order valence-corrected chi connectivity index (χ3v) is 3.64. The van der Waals surface area contributed by atoms with Crippen LogP contribution in [0.5, 0.6) is 0 Å². The number of rotatable bonds is 3. The summed E-state index contributed by atoms with van der Waals surface area (Å²) in [6, 6.07) is 9.06. The lowest BCUT2D eigenvalue weighted by Crippen LogP contribution is -2.08. The van der Waals surface area contributed by atoms with Gasteiger partial charge in [-0.3, -0.25) is 0 Å². The fourth-order valence-corrected chi connectivity index (χ4v) is 2.39. The van der Waals surface area contributed by atoms with E-state index in [2.05, 4.69) is 15.4 Å². The largest absolute Gasteiger partial charge is 0.417 e. The second-order valence-corrected chi connectivity index (χ2v) is 5.29. The van der Waals surface area contributed by atoms with Gasteiger partial charge in [-0.25, -0.2) is 4.39 Å². The predicted molar refractivity (Wildman–Crippen MR) is 78.8 cm³/mol. The summed E-state index contributed by atoms with van der Waals surface area (Å²) in [6.07, 6.45) is -4.54. The van der Waals surface area contributed by atoms with E-state index in [1.165, 1.54) is 36.4 Å². The fraction of sp³-hybridized carbons (Fsp3) is 0.133. The molecule has 0 fully saturated rings. The van der Waals surface area contributed by atoms with Crippen LogP contribution in [-0.4, -0.2) is 20.2 Å². The van der Waals surface area contributed by atoms with Crippen molar-refractivity contribution in [2.45, 2.75) is 12.7 Å². The number of nitrogens with zero attached hydrogens (tertiary/aromatic N) is 4. The molecule has 0 N–H and O–H groups in total. The molecule has 0 atom stereocenters. The van der Waals surface area contributed by atoms with E-state index < -0.39 is 17.6 Å². The molecule has 4 nitrogen and oxygen atoms in total. The minimum Gasteiger partial charge on any atom is -0.207 e. The van der Waals surface area contributed by atoms with Crippen molar-refractivity contribution in [1.29, 1.82) is 0 Å². The van der Waals surface area contributed by atoms with Crippen molar-refractivity contribution in [1.82, 2.24) is 20.2 Å². The summed E-state index contributed by atoms with van der Waals surface area (Å²) in [5, 5.41) is 11.4. The van der Waals surface area contributed by atoms with Gasteiger partial charge < -0.3 is 0 Å². The average molecular weight is 357 g/mol. The molecule has 0 radical (unpaired) electrons. The van der Waals surface area contributed by atoms with E-state index in [1.54, 1.807) is 0 Å². The second-order valence-electron chi connectivity index (χ2n) is 4.89. The van der Waals surface area contributed by atoms with E-state index in [1.807, 2.05) is 0 Å². The van der Waals surface area contributed by atoms with Crippen LogP contribution in [0.4, 0.5) is 17.6 Å². The number of hydrogen-bond donors (Lipinski definition) is 0. The van der Waals surface area contributed by atoms with Gasteiger partial charge in [0.25, 0.3) is 0 Å². The van der Waals surface area contributed by atoms with Gasteiger partial charge in [0, 0.05) is 16.1 Å². The lowest BCUT2D eigenvalue weighted by Gasteiger charge is -2.09. The minimum absolute atomic E-state index is 0.132. The highest BCUT2D eigenvalue weighted by Crippen LogP contribution is 2.35. The maximum absolute atomic E-state index is 13.8. The topological polar surface area (TPSA) is 43.6 Å². The summed E-state index contributed by atoms with van der Waals surface area (Å²) in [4.78, 5) is 0.993. The summed E-state index contributed by atoms with van der Waals surface area (Å²) in [5.74, 6) is -0.757. The van der Waals surface area contributed by atoms with Crippen molar-refractivity contribution in [3.63, 3.8) is 0 Å². The summed E-state index contributed by atoms with van der Waals surface area (Å²) < 4.78 is 52.9. The van der Waals surface area contributed by atoms with Crippen molar-refractivity contribution >= 4 is 11.6 Å². The second kappa shape index (κ2) is 6.20. The van der Waals surface area contributed by atoms with Crippen LogP contribution < -0.4 is 0 Å². The van der Waals surface area contributed by atoms with E-state index in [9.17, 15) is 17.6 Å². The van der Waals surface area contributed by atoms with Crippen LogP contribution in [0.2, 0.25) is 5.02 Å². The van der Waals surface area contributed by atoms with E-state index >= 15 is 0 Å². The van der Waals surface area contributed by atoms with Gasteiger partial charge in [-0.15, -0.1) is 10.2 Å². The molecule has 1 heterocycles. The third-order valence-electron chi connectivity index (χ3n) is 3.29. The molecular formula is C15H9ClF4N4. The Morgan fingerprint density at radius 3 is 2.50 bits per heavy atom. The fourth-order valence-electron chi connectivity index (χ4n) is 2.17. The molecule has 3 rings (SSSR count). The monoisotopic (exact) mass is 356 g/mol. The Hall–Kier alpha value is -2.48. The lowest BCUT2D eigenvalue weighted by molar-refractivity contribution is -0.137. The Balaban J connectivity index is 1.95. The highest BCUT2D eigenvalue weighted by Gasteiger charge is 2.34. The Morgan fingerprint density at radius 2 is 1.79 bits per heavy atom. The molecule has 24 heavy (non-hydrogen) atoms. The lowest BCUT2D eigenvalue weighted by atomic mass is 10.1. The van der Waals surface area contributed by atoms with Crippen LogP contribution in [-0.2, 0) is 12.7 Å². The van der Waals surface area contributed by atoms with Crippen molar-refractivity contribution < 1.29 is 17.6 Å². The van der Waals surface area contributed by atoms with Gasteiger partial charge in [0.2, 0.25) is 5.82 Å². The minimum atomic E-state index is -4.54. The normalized spacial score (nSPS) is 11.7. The highest BCUT2D eigenvalue weighted by atomic mass is 35.5. The zero-order valence-corrected chi connectivity index (χ0v) is 12.7. The first-order valence-corrected chi connectivity index (χ1v) is 7.11. The molecule has 9 heteroatoms. The highest BCUT2D eigenvalue weighted by molar-refractivity contribution is 6.31. The van der Waals surface area contributed by atoms with Crippen LogP contribution in [0.1, 0.15) is 11.1 Å². The maximum Gasteiger partial charge on any atom is 0.417 e. The molecule has 0 aliphatic carbocycles. The van der Waals surface area contributed by atoms with E-state index in [4.69, 9.17) is 11.6 Å².